The molecule has 1 heterocycles. The molecule has 1 saturated heterocycles. The van der Waals surface area contributed by atoms with E-state index in [2.05, 4.69) is 29.6 Å². The predicted octanol–water partition coefficient (Wildman–Crippen LogP) is 6.28. The highest BCUT2D eigenvalue weighted by Gasteiger charge is 2.31. The van der Waals surface area contributed by atoms with Gasteiger partial charge in [-0.3, -0.25) is 14.5 Å². The van der Waals surface area contributed by atoms with E-state index in [9.17, 15) is 9.59 Å². The van der Waals surface area contributed by atoms with Crippen molar-refractivity contribution in [2.24, 2.45) is 0 Å². The zero-order valence-electron chi connectivity index (χ0n) is 18.3. The number of thiocarbonyl (C=S) groups is 1. The molecule has 0 radical (unpaired) electrons. The van der Waals surface area contributed by atoms with Crippen LogP contribution in [-0.2, 0) is 9.59 Å². The molecule has 4 nitrogen and oxygen atoms in total. The summed E-state index contributed by atoms with van der Waals surface area (Å²) in [6.07, 6.45) is 2.74. The maximum atomic E-state index is 12.9. The third kappa shape index (κ3) is 5.97. The molecule has 0 atom stereocenters. The fourth-order valence-corrected chi connectivity index (χ4v) is 4.90. The van der Waals surface area contributed by atoms with Crippen LogP contribution < -0.4 is 5.32 Å². The van der Waals surface area contributed by atoms with E-state index in [0.29, 0.717) is 28.6 Å². The van der Waals surface area contributed by atoms with Gasteiger partial charge in [0.1, 0.15) is 4.32 Å². The molecule has 3 aromatic carbocycles. The molecule has 1 aliphatic heterocycles. The molecule has 2 amide bonds. The molecule has 0 bridgehead atoms. The summed E-state index contributed by atoms with van der Waals surface area (Å²) in [4.78, 5) is 27.3. The van der Waals surface area contributed by atoms with Crippen LogP contribution in [-0.4, -0.2) is 27.6 Å². The van der Waals surface area contributed by atoms with Crippen molar-refractivity contribution in [1.82, 2.24) is 4.90 Å². The fourth-order valence-electron chi connectivity index (χ4n) is 3.59. The Morgan fingerprint density at radius 3 is 2.45 bits per heavy atom. The Morgan fingerprint density at radius 2 is 1.73 bits per heavy atom. The van der Waals surface area contributed by atoms with Crippen molar-refractivity contribution in [1.29, 1.82) is 0 Å². The van der Waals surface area contributed by atoms with Crippen LogP contribution in [0.5, 0.6) is 0 Å². The number of anilines is 1. The maximum Gasteiger partial charge on any atom is 0.266 e. The maximum absolute atomic E-state index is 12.9. The highest BCUT2D eigenvalue weighted by Crippen LogP contribution is 2.33. The molecule has 1 fully saturated rings. The van der Waals surface area contributed by atoms with Crippen LogP contribution in [0.3, 0.4) is 0 Å². The minimum atomic E-state index is -0.101. The Hall–Kier alpha value is -3.22. The number of hydrogen-bond acceptors (Lipinski definition) is 4. The zero-order chi connectivity index (χ0) is 23.2. The third-order valence-electron chi connectivity index (χ3n) is 5.28. The van der Waals surface area contributed by atoms with Gasteiger partial charge in [0.2, 0.25) is 5.91 Å². The molecule has 166 valence electrons. The number of hydrogen-bond donors (Lipinski definition) is 1. The van der Waals surface area contributed by atoms with E-state index in [-0.39, 0.29) is 11.8 Å². The van der Waals surface area contributed by atoms with Crippen molar-refractivity contribution >= 4 is 51.9 Å². The van der Waals surface area contributed by atoms with Crippen LogP contribution in [0, 0.1) is 6.92 Å². The highest BCUT2D eigenvalue weighted by molar-refractivity contribution is 8.26. The van der Waals surface area contributed by atoms with Gasteiger partial charge in [0, 0.05) is 18.7 Å². The standard InChI is InChI=1S/C27H24N2O2S2/c1-19-7-5-10-23(17-19)28-25(30)11-6-16-29-26(31)24(33-27(29)32)18-20-12-14-22(15-13-20)21-8-3-2-4-9-21/h2-5,7-10,12-15,17-18H,6,11,16H2,1H3,(H,28,30)/b24-18-. The van der Waals surface area contributed by atoms with Crippen LogP contribution in [0.15, 0.2) is 83.8 Å². The minimum Gasteiger partial charge on any atom is -0.326 e. The number of benzene rings is 3. The molecule has 0 saturated carbocycles. The van der Waals surface area contributed by atoms with Crippen LogP contribution >= 0.6 is 24.0 Å². The molecule has 0 spiro atoms. The van der Waals surface area contributed by atoms with Crippen LogP contribution in [0.4, 0.5) is 5.69 Å². The van der Waals surface area contributed by atoms with Crippen molar-refractivity contribution in [2.75, 3.05) is 11.9 Å². The van der Waals surface area contributed by atoms with Gasteiger partial charge in [0.25, 0.3) is 5.91 Å². The van der Waals surface area contributed by atoms with Gasteiger partial charge in [-0.25, -0.2) is 0 Å². The lowest BCUT2D eigenvalue weighted by Crippen LogP contribution is -2.29. The smallest absolute Gasteiger partial charge is 0.266 e. The Kier molecular flexibility index (Phi) is 7.37. The number of carbonyl (C=O) groups excluding carboxylic acids is 2. The van der Waals surface area contributed by atoms with Crippen LogP contribution in [0.1, 0.15) is 24.0 Å². The lowest BCUT2D eigenvalue weighted by atomic mass is 10.0. The molecular weight excluding hydrogens is 448 g/mol. The van der Waals surface area contributed by atoms with Gasteiger partial charge in [-0.15, -0.1) is 0 Å². The molecule has 1 aliphatic rings. The monoisotopic (exact) mass is 472 g/mol. The fraction of sp³-hybridized carbons (Fsp3) is 0.148. The quantitative estimate of drug-likeness (QED) is 0.325. The molecule has 6 heteroatoms. The van der Waals surface area contributed by atoms with Gasteiger partial charge in [-0.2, -0.15) is 0 Å². The number of rotatable bonds is 7. The van der Waals surface area contributed by atoms with Crippen LogP contribution in [0.2, 0.25) is 0 Å². The third-order valence-corrected chi connectivity index (χ3v) is 6.65. The summed E-state index contributed by atoms with van der Waals surface area (Å²) < 4.78 is 0.534. The average Bonchev–Trinajstić information content (AvgIpc) is 3.07. The van der Waals surface area contributed by atoms with Crippen molar-refractivity contribution in [3.05, 3.63) is 94.9 Å². The van der Waals surface area contributed by atoms with Gasteiger partial charge >= 0.3 is 0 Å². The van der Waals surface area contributed by atoms with Gasteiger partial charge in [0.05, 0.1) is 4.91 Å². The van der Waals surface area contributed by atoms with Gasteiger partial charge in [-0.05, 0) is 53.8 Å². The Morgan fingerprint density at radius 1 is 1.00 bits per heavy atom. The molecule has 0 aliphatic carbocycles. The second kappa shape index (κ2) is 10.6. The lowest BCUT2D eigenvalue weighted by Gasteiger charge is -2.14. The Labute approximate surface area is 203 Å². The number of nitrogens with zero attached hydrogens (tertiary/aromatic N) is 1. The SMILES string of the molecule is Cc1cccc(NC(=O)CCCN2C(=O)/C(=C/c3ccc(-c4ccccc4)cc3)SC2=S)c1. The normalized spacial score (nSPS) is 14.7. The molecule has 3 aromatic rings. The molecular formula is C27H24N2O2S2. The van der Waals surface area contributed by atoms with E-state index in [4.69, 9.17) is 12.2 Å². The molecule has 0 aromatic heterocycles. The molecule has 33 heavy (non-hydrogen) atoms. The average molecular weight is 473 g/mol. The Balaban J connectivity index is 1.32. The highest BCUT2D eigenvalue weighted by atomic mass is 32.2. The molecule has 4 rings (SSSR count). The number of thioether (sulfide) groups is 1. The van der Waals surface area contributed by atoms with E-state index in [1.165, 1.54) is 11.8 Å². The second-order valence-corrected chi connectivity index (χ2v) is 9.52. The molecule has 0 unspecified atom stereocenters. The predicted molar refractivity (Wildman–Crippen MR) is 141 cm³/mol. The van der Waals surface area contributed by atoms with Crippen molar-refractivity contribution in [3.63, 3.8) is 0 Å². The van der Waals surface area contributed by atoms with E-state index in [1.54, 1.807) is 4.90 Å². The van der Waals surface area contributed by atoms with Gasteiger partial charge < -0.3 is 5.32 Å². The summed E-state index contributed by atoms with van der Waals surface area (Å²) in [6, 6.07) is 26.0. The van der Waals surface area contributed by atoms with E-state index in [1.807, 2.05) is 67.6 Å². The van der Waals surface area contributed by atoms with Crippen molar-refractivity contribution in [3.8, 4) is 11.1 Å². The first-order valence-corrected chi connectivity index (χ1v) is 12.0. The summed E-state index contributed by atoms with van der Waals surface area (Å²) in [6.45, 7) is 2.41. The van der Waals surface area contributed by atoms with E-state index >= 15 is 0 Å². The van der Waals surface area contributed by atoms with E-state index < -0.39 is 0 Å². The first-order valence-electron chi connectivity index (χ1n) is 10.8. The summed E-state index contributed by atoms with van der Waals surface area (Å²) in [5.41, 5.74) is 5.11. The second-order valence-electron chi connectivity index (χ2n) is 7.84. The number of nitrogens with one attached hydrogen (secondary N) is 1. The first-order chi connectivity index (χ1) is 16.0. The van der Waals surface area contributed by atoms with Crippen molar-refractivity contribution in [2.45, 2.75) is 19.8 Å². The lowest BCUT2D eigenvalue weighted by molar-refractivity contribution is -0.122. The number of aryl methyl sites for hydroxylation is 1. The summed E-state index contributed by atoms with van der Waals surface area (Å²) >= 11 is 6.73. The van der Waals surface area contributed by atoms with Crippen LogP contribution in [0.25, 0.3) is 17.2 Å². The summed E-state index contributed by atoms with van der Waals surface area (Å²) in [5.74, 6) is -0.170. The topological polar surface area (TPSA) is 49.4 Å². The summed E-state index contributed by atoms with van der Waals surface area (Å²) in [7, 11) is 0. The van der Waals surface area contributed by atoms with Gasteiger partial charge in [-0.1, -0.05) is 90.7 Å². The zero-order valence-corrected chi connectivity index (χ0v) is 19.9. The van der Waals surface area contributed by atoms with E-state index in [0.717, 1.165) is 27.9 Å². The van der Waals surface area contributed by atoms with Crippen molar-refractivity contribution < 1.29 is 9.59 Å². The summed E-state index contributed by atoms with van der Waals surface area (Å²) in [5, 5.41) is 2.90. The molecule has 1 N–H and O–H groups in total. The first kappa shape index (κ1) is 23.0. The Bertz CT molecular complexity index is 1200. The minimum absolute atomic E-state index is 0.0694. The number of carbonyl (C=O) groups is 2. The van der Waals surface area contributed by atoms with Gasteiger partial charge in [0.15, 0.2) is 0 Å². The number of amides is 2. The largest absolute Gasteiger partial charge is 0.326 e.